The summed E-state index contributed by atoms with van der Waals surface area (Å²) < 4.78 is 27.0. The van der Waals surface area contributed by atoms with Crippen LogP contribution in [0.1, 0.15) is 32.1 Å². The minimum atomic E-state index is -3.57. The van der Waals surface area contributed by atoms with Gasteiger partial charge in [0.2, 0.25) is 15.9 Å². The number of rotatable bonds is 8. The second kappa shape index (κ2) is 9.29. The summed E-state index contributed by atoms with van der Waals surface area (Å²) in [5, 5.41) is 11.3. The molecule has 0 heterocycles. The smallest absolute Gasteiger partial charge is 0.317 e. The van der Waals surface area contributed by atoms with Gasteiger partial charge in [0.25, 0.3) is 0 Å². The molecule has 0 saturated heterocycles. The van der Waals surface area contributed by atoms with Crippen molar-refractivity contribution in [2.45, 2.75) is 43.0 Å². The summed E-state index contributed by atoms with van der Waals surface area (Å²) in [6, 6.07) is 6.07. The Hall–Kier alpha value is -1.97. The van der Waals surface area contributed by atoms with Crippen molar-refractivity contribution in [3.05, 3.63) is 24.3 Å². The van der Waals surface area contributed by atoms with Gasteiger partial charge in [0.05, 0.1) is 18.0 Å². The van der Waals surface area contributed by atoms with Crippen LogP contribution in [-0.2, 0) is 19.6 Å². The molecule has 1 amide bonds. The lowest BCUT2D eigenvalue weighted by Crippen LogP contribution is -2.38. The maximum atomic E-state index is 12.8. The number of aliphatic carboxylic acids is 1. The molecular weight excluding hydrogens is 370 g/mol. The maximum absolute atomic E-state index is 12.8. The highest BCUT2D eigenvalue weighted by atomic mass is 32.2. The van der Waals surface area contributed by atoms with E-state index in [0.29, 0.717) is 5.69 Å². The molecule has 150 valence electrons. The number of hydrogen-bond donors (Lipinski definition) is 2. The first kappa shape index (κ1) is 21.3. The lowest BCUT2D eigenvalue weighted by atomic mass is 9.96. The van der Waals surface area contributed by atoms with E-state index in [2.05, 4.69) is 5.32 Å². The lowest BCUT2D eigenvalue weighted by molar-refractivity contribution is -0.138. The molecule has 0 spiro atoms. The van der Waals surface area contributed by atoms with Gasteiger partial charge in [0.15, 0.2) is 0 Å². The van der Waals surface area contributed by atoms with Crippen molar-refractivity contribution in [2.24, 2.45) is 0 Å². The van der Waals surface area contributed by atoms with Crippen LogP contribution < -0.4 is 5.32 Å². The van der Waals surface area contributed by atoms with E-state index in [1.165, 1.54) is 40.5 Å². The molecule has 0 atom stereocenters. The number of carbonyl (C=O) groups is 2. The van der Waals surface area contributed by atoms with Gasteiger partial charge in [-0.25, -0.2) is 8.42 Å². The van der Waals surface area contributed by atoms with Crippen molar-refractivity contribution < 1.29 is 23.1 Å². The Kier molecular flexibility index (Phi) is 7.34. The number of carbonyl (C=O) groups excluding carboxylic acids is 1. The van der Waals surface area contributed by atoms with Crippen LogP contribution in [0.15, 0.2) is 29.2 Å². The number of hydrogen-bond acceptors (Lipinski definition) is 5. The number of amides is 1. The summed E-state index contributed by atoms with van der Waals surface area (Å²) >= 11 is 0. The van der Waals surface area contributed by atoms with E-state index >= 15 is 0 Å². The van der Waals surface area contributed by atoms with Gasteiger partial charge in [-0.1, -0.05) is 19.3 Å². The molecule has 0 bridgehead atoms. The van der Waals surface area contributed by atoms with Crippen LogP contribution in [0.3, 0.4) is 0 Å². The van der Waals surface area contributed by atoms with Crippen molar-refractivity contribution in [3.63, 3.8) is 0 Å². The molecule has 27 heavy (non-hydrogen) atoms. The van der Waals surface area contributed by atoms with E-state index in [1.807, 2.05) is 0 Å². The minimum absolute atomic E-state index is 0.0351. The quantitative estimate of drug-likeness (QED) is 0.690. The van der Waals surface area contributed by atoms with Gasteiger partial charge in [0, 0.05) is 18.8 Å². The number of likely N-dealkylation sites (N-methyl/N-ethyl adjacent to an activating group) is 1. The Morgan fingerprint density at radius 2 is 1.67 bits per heavy atom. The summed E-state index contributed by atoms with van der Waals surface area (Å²) in [7, 11) is -0.413. The number of nitrogens with one attached hydrogen (secondary N) is 1. The fourth-order valence-corrected chi connectivity index (χ4v) is 4.67. The zero-order valence-corrected chi connectivity index (χ0v) is 16.5. The predicted molar refractivity (Wildman–Crippen MR) is 102 cm³/mol. The van der Waals surface area contributed by atoms with Crippen molar-refractivity contribution in [1.82, 2.24) is 9.21 Å². The highest BCUT2D eigenvalue weighted by Gasteiger charge is 2.28. The number of carboxylic acid groups (broad SMARTS) is 1. The van der Waals surface area contributed by atoms with Crippen LogP contribution in [0.25, 0.3) is 0 Å². The highest BCUT2D eigenvalue weighted by Crippen LogP contribution is 2.26. The molecule has 1 fully saturated rings. The summed E-state index contributed by atoms with van der Waals surface area (Å²) in [5.41, 5.74) is 0.461. The summed E-state index contributed by atoms with van der Waals surface area (Å²) in [6.07, 6.45) is 5.01. The zero-order valence-electron chi connectivity index (χ0n) is 15.7. The van der Waals surface area contributed by atoms with Crippen molar-refractivity contribution >= 4 is 27.6 Å². The second-order valence-electron chi connectivity index (χ2n) is 6.95. The molecular formula is C18H27N3O5S. The van der Waals surface area contributed by atoms with E-state index < -0.39 is 16.0 Å². The normalized spacial score (nSPS) is 15.9. The second-order valence-corrected chi connectivity index (χ2v) is 8.95. The lowest BCUT2D eigenvalue weighted by Gasteiger charge is -2.30. The fourth-order valence-electron chi connectivity index (χ4n) is 3.25. The Bertz CT molecular complexity index is 758. The maximum Gasteiger partial charge on any atom is 0.317 e. The van der Waals surface area contributed by atoms with E-state index in [9.17, 15) is 18.0 Å². The number of anilines is 1. The molecule has 1 aromatic rings. The molecule has 0 aliphatic heterocycles. The molecule has 1 saturated carbocycles. The average molecular weight is 397 g/mol. The minimum Gasteiger partial charge on any atom is -0.480 e. The molecule has 0 unspecified atom stereocenters. The SMILES string of the molecule is CN(CC(=O)O)CC(=O)Nc1ccc(S(=O)(=O)N(C)C2CCCCC2)cc1. The molecule has 1 aromatic carbocycles. The van der Waals surface area contributed by atoms with E-state index in [1.54, 1.807) is 7.05 Å². The molecule has 2 rings (SSSR count). The van der Waals surface area contributed by atoms with Crippen molar-refractivity contribution in [2.75, 3.05) is 32.5 Å². The average Bonchev–Trinajstić information content (AvgIpc) is 2.61. The van der Waals surface area contributed by atoms with Crippen molar-refractivity contribution in [3.8, 4) is 0 Å². The molecule has 1 aliphatic carbocycles. The van der Waals surface area contributed by atoms with Crippen molar-refractivity contribution in [1.29, 1.82) is 0 Å². The van der Waals surface area contributed by atoms with Gasteiger partial charge in [-0.2, -0.15) is 4.31 Å². The fraction of sp³-hybridized carbons (Fsp3) is 0.556. The summed E-state index contributed by atoms with van der Waals surface area (Å²) in [6.45, 7) is -0.311. The topological polar surface area (TPSA) is 107 Å². The number of sulfonamides is 1. The molecule has 0 radical (unpaired) electrons. The molecule has 8 nitrogen and oxygen atoms in total. The van der Waals surface area contributed by atoms with Gasteiger partial charge in [-0.3, -0.25) is 14.5 Å². The number of nitrogens with zero attached hydrogens (tertiary/aromatic N) is 2. The van der Waals surface area contributed by atoms with E-state index in [-0.39, 0.29) is 29.9 Å². The van der Waals surface area contributed by atoms with Gasteiger partial charge >= 0.3 is 5.97 Å². The predicted octanol–water partition coefficient (Wildman–Crippen LogP) is 1.59. The van der Waals surface area contributed by atoms with Crippen LogP contribution in [0, 0.1) is 0 Å². The van der Waals surface area contributed by atoms with Crippen LogP contribution in [-0.4, -0.2) is 67.8 Å². The third kappa shape index (κ3) is 6.02. The van der Waals surface area contributed by atoms with Gasteiger partial charge in [-0.05, 0) is 44.2 Å². The number of carboxylic acids is 1. The molecule has 2 N–H and O–H groups in total. The Morgan fingerprint density at radius 3 is 2.22 bits per heavy atom. The summed E-state index contributed by atoms with van der Waals surface area (Å²) in [5.74, 6) is -1.38. The molecule has 0 aromatic heterocycles. The largest absolute Gasteiger partial charge is 0.480 e. The third-order valence-electron chi connectivity index (χ3n) is 4.72. The van der Waals surface area contributed by atoms with Crippen LogP contribution in [0.2, 0.25) is 0 Å². The monoisotopic (exact) mass is 397 g/mol. The first-order chi connectivity index (χ1) is 12.7. The standard InChI is InChI=1S/C18H27N3O5S/c1-20(13-18(23)24)12-17(22)19-14-8-10-16(11-9-14)27(25,26)21(2)15-6-4-3-5-7-15/h8-11,15H,3-7,12-13H2,1-2H3,(H,19,22)(H,23,24). The Balaban J connectivity index is 1.99. The van der Waals surface area contributed by atoms with Crippen LogP contribution >= 0.6 is 0 Å². The van der Waals surface area contributed by atoms with Gasteiger partial charge in [-0.15, -0.1) is 0 Å². The first-order valence-corrected chi connectivity index (χ1v) is 10.4. The van der Waals surface area contributed by atoms with Crippen LogP contribution in [0.5, 0.6) is 0 Å². The molecule has 9 heteroatoms. The highest BCUT2D eigenvalue weighted by molar-refractivity contribution is 7.89. The van der Waals surface area contributed by atoms with Gasteiger partial charge in [0.1, 0.15) is 0 Å². The number of benzene rings is 1. The zero-order chi connectivity index (χ0) is 20.0. The Labute approximate surface area is 160 Å². The molecule has 1 aliphatic rings. The van der Waals surface area contributed by atoms with E-state index in [4.69, 9.17) is 5.11 Å². The van der Waals surface area contributed by atoms with E-state index in [0.717, 1.165) is 32.1 Å². The third-order valence-corrected chi connectivity index (χ3v) is 6.65. The van der Waals surface area contributed by atoms with Gasteiger partial charge < -0.3 is 10.4 Å². The first-order valence-electron chi connectivity index (χ1n) is 8.98. The Morgan fingerprint density at radius 1 is 1.07 bits per heavy atom. The van der Waals surface area contributed by atoms with Crippen LogP contribution in [0.4, 0.5) is 5.69 Å². The summed E-state index contributed by atoms with van der Waals surface area (Å²) in [4.78, 5) is 24.1.